The van der Waals surface area contributed by atoms with Gasteiger partial charge in [-0.3, -0.25) is 14.7 Å². The fourth-order valence-electron chi connectivity index (χ4n) is 2.61. The van der Waals surface area contributed by atoms with Crippen molar-refractivity contribution in [2.45, 2.75) is 0 Å². The molecule has 0 saturated heterocycles. The Hall–Kier alpha value is -3.68. The van der Waals surface area contributed by atoms with E-state index in [1.54, 1.807) is 12.1 Å². The van der Waals surface area contributed by atoms with Gasteiger partial charge < -0.3 is 9.40 Å². The molecule has 2 amide bonds. The predicted octanol–water partition coefficient (Wildman–Crippen LogP) is 1.78. The van der Waals surface area contributed by atoms with Crippen LogP contribution in [-0.2, 0) is 11.9 Å². The number of hydroxylamine groups is 2. The first-order valence-corrected chi connectivity index (χ1v) is 7.42. The maximum absolute atomic E-state index is 12.2. The van der Waals surface area contributed by atoms with Crippen LogP contribution in [0.1, 0.15) is 31.2 Å². The molecule has 0 fully saturated rings. The number of carbonyl (C=O) groups is 3. The molecule has 3 aromatic rings. The van der Waals surface area contributed by atoms with Crippen LogP contribution < -0.4 is 0 Å². The number of aromatic amines is 1. The molecule has 0 atom stereocenters. The lowest BCUT2D eigenvalue weighted by Gasteiger charge is -2.11. The van der Waals surface area contributed by atoms with Crippen molar-refractivity contribution in [1.82, 2.24) is 19.8 Å². The SMILES string of the molecule is Cn1ccc(-c2cc(C(=O)ON3C(=O)c4ccccc4C3=O)[nH]n2)c1. The van der Waals surface area contributed by atoms with E-state index in [1.165, 1.54) is 18.2 Å². The van der Waals surface area contributed by atoms with Crippen LogP contribution >= 0.6 is 0 Å². The van der Waals surface area contributed by atoms with Crippen molar-refractivity contribution in [2.24, 2.45) is 7.05 Å². The Morgan fingerprint density at radius 1 is 1.12 bits per heavy atom. The molecule has 8 heteroatoms. The van der Waals surface area contributed by atoms with Gasteiger partial charge >= 0.3 is 5.97 Å². The molecule has 0 aliphatic carbocycles. The van der Waals surface area contributed by atoms with E-state index < -0.39 is 17.8 Å². The number of rotatable bonds is 3. The molecule has 8 nitrogen and oxygen atoms in total. The monoisotopic (exact) mass is 336 g/mol. The van der Waals surface area contributed by atoms with Crippen molar-refractivity contribution in [3.63, 3.8) is 0 Å². The highest BCUT2D eigenvalue weighted by Gasteiger charge is 2.39. The molecule has 2 aromatic heterocycles. The molecule has 0 bridgehead atoms. The Balaban J connectivity index is 1.55. The third-order valence-corrected chi connectivity index (χ3v) is 3.86. The Kier molecular flexibility index (Phi) is 3.24. The number of aryl methyl sites for hydroxylation is 1. The molecule has 1 aliphatic heterocycles. The van der Waals surface area contributed by atoms with Crippen LogP contribution in [0.25, 0.3) is 11.3 Å². The number of fused-ring (bicyclic) bond motifs is 1. The second-order valence-corrected chi connectivity index (χ2v) is 5.56. The zero-order chi connectivity index (χ0) is 17.6. The van der Waals surface area contributed by atoms with Crippen LogP contribution in [0.5, 0.6) is 0 Å². The Morgan fingerprint density at radius 3 is 2.40 bits per heavy atom. The Bertz CT molecular complexity index is 982. The summed E-state index contributed by atoms with van der Waals surface area (Å²) in [4.78, 5) is 41.6. The van der Waals surface area contributed by atoms with E-state index in [2.05, 4.69) is 10.2 Å². The summed E-state index contributed by atoms with van der Waals surface area (Å²) in [7, 11) is 1.87. The number of benzene rings is 1. The second-order valence-electron chi connectivity index (χ2n) is 5.56. The van der Waals surface area contributed by atoms with Crippen LogP contribution in [0.3, 0.4) is 0 Å². The van der Waals surface area contributed by atoms with Crippen LogP contribution in [0.2, 0.25) is 0 Å². The van der Waals surface area contributed by atoms with Gasteiger partial charge in [0.1, 0.15) is 5.69 Å². The van der Waals surface area contributed by atoms with Gasteiger partial charge in [0.05, 0.1) is 16.8 Å². The quantitative estimate of drug-likeness (QED) is 0.735. The number of aromatic nitrogens is 3. The summed E-state index contributed by atoms with van der Waals surface area (Å²) in [6.45, 7) is 0. The number of hydrogen-bond acceptors (Lipinski definition) is 5. The molecule has 0 spiro atoms. The smallest absolute Gasteiger partial charge is 0.357 e. The molecule has 0 saturated carbocycles. The lowest BCUT2D eigenvalue weighted by atomic mass is 10.1. The molecule has 1 N–H and O–H groups in total. The molecule has 124 valence electrons. The number of hydrogen-bond donors (Lipinski definition) is 1. The van der Waals surface area contributed by atoms with Crippen molar-refractivity contribution in [3.05, 3.63) is 65.6 Å². The van der Waals surface area contributed by atoms with Crippen molar-refractivity contribution in [1.29, 1.82) is 0 Å². The minimum absolute atomic E-state index is 0.0374. The highest BCUT2D eigenvalue weighted by Crippen LogP contribution is 2.24. The summed E-state index contributed by atoms with van der Waals surface area (Å²) in [5.41, 5.74) is 1.81. The number of carbonyl (C=O) groups excluding carboxylic acids is 3. The van der Waals surface area contributed by atoms with Gasteiger partial charge in [-0.1, -0.05) is 17.2 Å². The normalized spacial score (nSPS) is 13.2. The molecule has 4 rings (SSSR count). The molecule has 0 radical (unpaired) electrons. The van der Waals surface area contributed by atoms with Crippen molar-refractivity contribution >= 4 is 17.8 Å². The number of H-pyrrole nitrogens is 1. The summed E-state index contributed by atoms with van der Waals surface area (Å²) >= 11 is 0. The lowest BCUT2D eigenvalue weighted by molar-refractivity contribution is -0.0588. The third kappa shape index (κ3) is 2.40. The highest BCUT2D eigenvalue weighted by molar-refractivity contribution is 6.21. The first kappa shape index (κ1) is 14.9. The van der Waals surface area contributed by atoms with E-state index in [-0.39, 0.29) is 16.8 Å². The predicted molar refractivity (Wildman–Crippen MR) is 85.4 cm³/mol. The first-order chi connectivity index (χ1) is 12.0. The summed E-state index contributed by atoms with van der Waals surface area (Å²) < 4.78 is 1.85. The van der Waals surface area contributed by atoms with E-state index in [4.69, 9.17) is 4.84 Å². The number of nitrogens with zero attached hydrogens (tertiary/aromatic N) is 3. The van der Waals surface area contributed by atoms with Gasteiger partial charge in [-0.25, -0.2) is 4.79 Å². The molecule has 25 heavy (non-hydrogen) atoms. The maximum Gasteiger partial charge on any atom is 0.381 e. The topological polar surface area (TPSA) is 97.3 Å². The third-order valence-electron chi connectivity index (χ3n) is 3.86. The average Bonchev–Trinajstić information content (AvgIpc) is 3.31. The zero-order valence-corrected chi connectivity index (χ0v) is 13.1. The van der Waals surface area contributed by atoms with Crippen LogP contribution in [0, 0.1) is 0 Å². The molecule has 0 unspecified atom stereocenters. The van der Waals surface area contributed by atoms with E-state index in [9.17, 15) is 14.4 Å². The minimum atomic E-state index is -0.871. The van der Waals surface area contributed by atoms with E-state index in [0.717, 1.165) is 5.56 Å². The summed E-state index contributed by atoms with van der Waals surface area (Å²) in [6.07, 6.45) is 3.69. The molecule has 1 aromatic carbocycles. The second kappa shape index (κ2) is 5.45. The van der Waals surface area contributed by atoms with Gasteiger partial charge in [0.15, 0.2) is 0 Å². The zero-order valence-electron chi connectivity index (χ0n) is 13.1. The standard InChI is InChI=1S/C17H12N4O4/c1-20-7-6-10(9-20)13-8-14(19-18-13)17(24)25-21-15(22)11-4-2-3-5-12(11)16(21)23/h2-9H,1H3,(H,18,19). The fraction of sp³-hybridized carbons (Fsp3) is 0.0588. The summed E-state index contributed by atoms with van der Waals surface area (Å²) in [5.74, 6) is -2.21. The highest BCUT2D eigenvalue weighted by atomic mass is 16.7. The van der Waals surface area contributed by atoms with Crippen LogP contribution in [0.15, 0.2) is 48.8 Å². The van der Waals surface area contributed by atoms with Crippen LogP contribution in [0.4, 0.5) is 0 Å². The minimum Gasteiger partial charge on any atom is -0.357 e. The summed E-state index contributed by atoms with van der Waals surface area (Å²) in [6, 6.07) is 9.62. The van der Waals surface area contributed by atoms with Gasteiger partial charge in [-0.2, -0.15) is 5.10 Å². The first-order valence-electron chi connectivity index (χ1n) is 7.42. The summed E-state index contributed by atoms with van der Waals surface area (Å²) in [5, 5.41) is 7.07. The van der Waals surface area contributed by atoms with Gasteiger partial charge in [-0.05, 0) is 24.3 Å². The van der Waals surface area contributed by atoms with E-state index >= 15 is 0 Å². The molecular weight excluding hydrogens is 324 g/mol. The number of imide groups is 1. The van der Waals surface area contributed by atoms with Crippen molar-refractivity contribution in [3.8, 4) is 11.3 Å². The van der Waals surface area contributed by atoms with Gasteiger partial charge in [-0.15, -0.1) is 0 Å². The molecular formula is C17H12N4O4. The Labute approximate surface area is 141 Å². The molecule has 3 heterocycles. The average molecular weight is 336 g/mol. The van der Waals surface area contributed by atoms with E-state index in [0.29, 0.717) is 10.8 Å². The number of nitrogens with one attached hydrogen (secondary N) is 1. The van der Waals surface area contributed by atoms with E-state index in [1.807, 2.05) is 30.1 Å². The number of amides is 2. The lowest BCUT2D eigenvalue weighted by Crippen LogP contribution is -2.32. The molecule has 1 aliphatic rings. The fourth-order valence-corrected chi connectivity index (χ4v) is 2.61. The van der Waals surface area contributed by atoms with Gasteiger partial charge in [0, 0.05) is 25.0 Å². The van der Waals surface area contributed by atoms with Crippen molar-refractivity contribution < 1.29 is 19.2 Å². The largest absolute Gasteiger partial charge is 0.381 e. The maximum atomic E-state index is 12.2. The van der Waals surface area contributed by atoms with Crippen molar-refractivity contribution in [2.75, 3.05) is 0 Å². The van der Waals surface area contributed by atoms with Gasteiger partial charge in [0.2, 0.25) is 0 Å². The van der Waals surface area contributed by atoms with Gasteiger partial charge in [0.25, 0.3) is 11.8 Å². The Morgan fingerprint density at radius 2 is 1.80 bits per heavy atom. The van der Waals surface area contributed by atoms with Crippen LogP contribution in [-0.4, -0.2) is 37.6 Å².